The number of para-hydroxylation sites is 1. The number of nitrogens with one attached hydrogen (secondary N) is 1. The third kappa shape index (κ3) is 4.80. The van der Waals surface area contributed by atoms with E-state index in [-0.39, 0.29) is 18.0 Å². The van der Waals surface area contributed by atoms with Crippen molar-refractivity contribution in [3.8, 4) is 0 Å². The van der Waals surface area contributed by atoms with Crippen LogP contribution in [0.3, 0.4) is 0 Å². The van der Waals surface area contributed by atoms with Crippen LogP contribution in [0.15, 0.2) is 47.4 Å². The van der Waals surface area contributed by atoms with Gasteiger partial charge < -0.3 is 14.8 Å². The highest BCUT2D eigenvalue weighted by molar-refractivity contribution is 6.07. The van der Waals surface area contributed by atoms with Gasteiger partial charge in [0, 0.05) is 29.4 Å². The van der Waals surface area contributed by atoms with Gasteiger partial charge in [0.15, 0.2) is 0 Å². The van der Waals surface area contributed by atoms with Crippen molar-refractivity contribution >= 4 is 27.7 Å². The topological polar surface area (TPSA) is 72.2 Å². The molecule has 1 saturated heterocycles. The van der Waals surface area contributed by atoms with Crippen LogP contribution in [0.5, 0.6) is 0 Å². The van der Waals surface area contributed by atoms with E-state index < -0.39 is 0 Å². The summed E-state index contributed by atoms with van der Waals surface area (Å²) in [5, 5.41) is 9.15. The Morgan fingerprint density at radius 1 is 1.03 bits per heavy atom. The van der Waals surface area contributed by atoms with Crippen LogP contribution >= 0.6 is 0 Å². The van der Waals surface area contributed by atoms with Crippen molar-refractivity contribution in [1.29, 1.82) is 0 Å². The van der Waals surface area contributed by atoms with Crippen molar-refractivity contribution in [2.24, 2.45) is 0 Å². The van der Waals surface area contributed by atoms with E-state index >= 15 is 0 Å². The molecule has 0 aliphatic carbocycles. The third-order valence-electron chi connectivity index (χ3n) is 7.40. The number of aryl methyl sites for hydroxylation is 3. The molecule has 1 N–H and O–H groups in total. The average molecular weight is 486 g/mol. The summed E-state index contributed by atoms with van der Waals surface area (Å²) < 4.78 is 3.38. The fourth-order valence-electron chi connectivity index (χ4n) is 5.62. The van der Waals surface area contributed by atoms with Crippen LogP contribution in [0.25, 0.3) is 21.8 Å². The highest BCUT2D eigenvalue weighted by atomic mass is 16.2. The van der Waals surface area contributed by atoms with Gasteiger partial charge >= 0.3 is 0 Å². The second-order valence-corrected chi connectivity index (χ2v) is 10.1. The summed E-state index contributed by atoms with van der Waals surface area (Å²) in [6, 6.07) is 12.4. The predicted molar refractivity (Wildman–Crippen MR) is 145 cm³/mol. The van der Waals surface area contributed by atoms with E-state index in [0.29, 0.717) is 18.6 Å². The number of aromatic nitrogens is 3. The Morgan fingerprint density at radius 3 is 2.50 bits per heavy atom. The number of nitrogens with zero attached hydrogens (tertiary/aromatic N) is 4. The number of hydrogen-bond donors (Lipinski definition) is 1. The van der Waals surface area contributed by atoms with E-state index in [9.17, 15) is 9.59 Å². The second kappa shape index (κ2) is 10.3. The van der Waals surface area contributed by atoms with E-state index in [1.165, 1.54) is 39.8 Å². The molecule has 1 aliphatic heterocycles. The van der Waals surface area contributed by atoms with Gasteiger partial charge in [-0.1, -0.05) is 35.9 Å². The summed E-state index contributed by atoms with van der Waals surface area (Å²) in [5.41, 5.74) is 6.21. The minimum Gasteiger partial charge on any atom is -0.354 e. The number of hydrogen-bond acceptors (Lipinski definition) is 4. The molecule has 0 saturated carbocycles. The standard InChI is InChI=1S/C29H35N5O2/c1-20-15-21(2)25(22(3)16-20)18-33-26-10-5-4-9-23(26)24-17-31-34(29(36)28(24)33)19-27(35)30-11-8-14-32-12-6-7-13-32/h4-5,9-10,15-17H,6-8,11-14,18-19H2,1-3H3,(H,30,35). The lowest BCUT2D eigenvalue weighted by Crippen LogP contribution is -2.35. The number of rotatable bonds is 8. The van der Waals surface area contributed by atoms with Crippen molar-refractivity contribution < 1.29 is 4.79 Å². The Morgan fingerprint density at radius 2 is 1.75 bits per heavy atom. The van der Waals surface area contributed by atoms with Crippen LogP contribution in [-0.4, -0.2) is 51.3 Å². The smallest absolute Gasteiger partial charge is 0.291 e. The van der Waals surface area contributed by atoms with E-state index in [0.717, 1.165) is 42.3 Å². The van der Waals surface area contributed by atoms with Gasteiger partial charge in [0.2, 0.25) is 5.91 Å². The van der Waals surface area contributed by atoms with Gasteiger partial charge in [-0.3, -0.25) is 9.59 Å². The molecular weight excluding hydrogens is 450 g/mol. The quantitative estimate of drug-likeness (QED) is 0.384. The first-order valence-electron chi connectivity index (χ1n) is 12.9. The highest BCUT2D eigenvalue weighted by Crippen LogP contribution is 2.28. The van der Waals surface area contributed by atoms with Crippen molar-refractivity contribution in [1.82, 2.24) is 24.6 Å². The lowest BCUT2D eigenvalue weighted by Gasteiger charge is -2.15. The number of likely N-dealkylation sites (tertiary alicyclic amines) is 1. The van der Waals surface area contributed by atoms with Crippen LogP contribution in [0, 0.1) is 20.8 Å². The van der Waals surface area contributed by atoms with E-state index in [1.807, 2.05) is 24.3 Å². The molecule has 4 aromatic rings. The third-order valence-corrected chi connectivity index (χ3v) is 7.40. The van der Waals surface area contributed by atoms with Crippen LogP contribution in [0.4, 0.5) is 0 Å². The second-order valence-electron chi connectivity index (χ2n) is 10.1. The maximum absolute atomic E-state index is 13.7. The maximum Gasteiger partial charge on any atom is 0.291 e. The van der Waals surface area contributed by atoms with Crippen molar-refractivity contribution in [3.63, 3.8) is 0 Å². The zero-order valence-corrected chi connectivity index (χ0v) is 21.5. The SMILES string of the molecule is Cc1cc(C)c(Cn2c3ccccc3c3cnn(CC(=O)NCCCN4CCCC4)c(=O)c32)c(C)c1. The molecule has 2 aromatic carbocycles. The fraction of sp³-hybridized carbons (Fsp3) is 0.414. The van der Waals surface area contributed by atoms with Crippen molar-refractivity contribution in [2.45, 2.75) is 53.1 Å². The molecule has 5 rings (SSSR count). The van der Waals surface area contributed by atoms with Gasteiger partial charge in [-0.05, 0) is 82.4 Å². The number of fused-ring (bicyclic) bond motifs is 3. The van der Waals surface area contributed by atoms with Gasteiger partial charge in [0.1, 0.15) is 12.1 Å². The van der Waals surface area contributed by atoms with E-state index in [1.54, 1.807) is 6.20 Å². The molecule has 0 bridgehead atoms. The largest absolute Gasteiger partial charge is 0.354 e. The molecule has 1 aliphatic rings. The summed E-state index contributed by atoms with van der Waals surface area (Å²) in [6.07, 6.45) is 5.17. The van der Waals surface area contributed by atoms with Gasteiger partial charge in [-0.15, -0.1) is 0 Å². The van der Waals surface area contributed by atoms with E-state index in [2.05, 4.69) is 52.8 Å². The normalized spacial score (nSPS) is 14.2. The Hall–Kier alpha value is -3.45. The first-order valence-corrected chi connectivity index (χ1v) is 12.9. The van der Waals surface area contributed by atoms with Gasteiger partial charge in [0.25, 0.3) is 5.56 Å². The molecule has 0 unspecified atom stereocenters. The Labute approximate surface area is 211 Å². The number of amides is 1. The molecule has 188 valence electrons. The van der Waals surface area contributed by atoms with Gasteiger partial charge in [-0.2, -0.15) is 5.10 Å². The first-order chi connectivity index (χ1) is 17.4. The van der Waals surface area contributed by atoms with Crippen LogP contribution in [0.1, 0.15) is 41.5 Å². The summed E-state index contributed by atoms with van der Waals surface area (Å²) in [6.45, 7) is 10.8. The van der Waals surface area contributed by atoms with Crippen molar-refractivity contribution in [3.05, 3.63) is 75.2 Å². The number of benzene rings is 2. The molecule has 36 heavy (non-hydrogen) atoms. The van der Waals surface area contributed by atoms with Crippen molar-refractivity contribution in [2.75, 3.05) is 26.2 Å². The summed E-state index contributed by atoms with van der Waals surface area (Å²) in [7, 11) is 0. The Kier molecular flexibility index (Phi) is 6.92. The zero-order chi connectivity index (χ0) is 25.2. The van der Waals surface area contributed by atoms with Crippen LogP contribution in [-0.2, 0) is 17.9 Å². The van der Waals surface area contributed by atoms with E-state index in [4.69, 9.17) is 0 Å². The lowest BCUT2D eigenvalue weighted by molar-refractivity contribution is -0.121. The minimum atomic E-state index is -0.238. The first kappa shape index (κ1) is 24.3. The molecule has 0 spiro atoms. The highest BCUT2D eigenvalue weighted by Gasteiger charge is 2.18. The Balaban J connectivity index is 1.43. The number of carbonyl (C=O) groups excluding carboxylic acids is 1. The molecule has 7 nitrogen and oxygen atoms in total. The lowest BCUT2D eigenvalue weighted by atomic mass is 10.00. The van der Waals surface area contributed by atoms with Gasteiger partial charge in [-0.25, -0.2) is 4.68 Å². The minimum absolute atomic E-state index is 0.0808. The molecule has 7 heteroatoms. The molecule has 3 heterocycles. The molecule has 2 aromatic heterocycles. The fourth-order valence-corrected chi connectivity index (χ4v) is 5.62. The van der Waals surface area contributed by atoms with Crippen LogP contribution < -0.4 is 10.9 Å². The zero-order valence-electron chi connectivity index (χ0n) is 21.5. The summed E-state index contributed by atoms with van der Waals surface area (Å²) in [5.74, 6) is -0.182. The summed E-state index contributed by atoms with van der Waals surface area (Å²) >= 11 is 0. The molecule has 0 atom stereocenters. The molecular formula is C29H35N5O2. The summed E-state index contributed by atoms with van der Waals surface area (Å²) in [4.78, 5) is 28.7. The van der Waals surface area contributed by atoms with Crippen LogP contribution in [0.2, 0.25) is 0 Å². The maximum atomic E-state index is 13.7. The molecule has 0 radical (unpaired) electrons. The predicted octanol–water partition coefficient (Wildman–Crippen LogP) is 3.93. The average Bonchev–Trinajstić information content (AvgIpc) is 3.47. The Bertz CT molecular complexity index is 1450. The van der Waals surface area contributed by atoms with Gasteiger partial charge in [0.05, 0.1) is 6.20 Å². The molecule has 1 amide bonds. The monoisotopic (exact) mass is 485 g/mol. The number of carbonyl (C=O) groups is 1. The molecule has 1 fully saturated rings.